The number of carbonyl (C=O) groups excluding carboxylic acids is 2. The molecule has 2 heterocycles. The summed E-state index contributed by atoms with van der Waals surface area (Å²) in [6.45, 7) is 9.11. The van der Waals surface area contributed by atoms with Gasteiger partial charge in [0.25, 0.3) is 0 Å². The topological polar surface area (TPSA) is 87.9 Å². The van der Waals surface area contributed by atoms with E-state index in [2.05, 4.69) is 10.5 Å². The summed E-state index contributed by atoms with van der Waals surface area (Å²) >= 11 is 0. The van der Waals surface area contributed by atoms with E-state index in [-0.39, 0.29) is 30.0 Å². The van der Waals surface area contributed by atoms with E-state index in [9.17, 15) is 9.59 Å². The smallest absolute Gasteiger partial charge is 0.327 e. The van der Waals surface area contributed by atoms with Crippen LogP contribution in [0.5, 0.6) is 0 Å². The van der Waals surface area contributed by atoms with Crippen LogP contribution in [0, 0.1) is 0 Å². The number of aromatic nitrogens is 1. The number of anilines is 1. The third-order valence-corrected chi connectivity index (χ3v) is 3.79. The molecular weight excluding hydrogens is 312 g/mol. The van der Waals surface area contributed by atoms with Crippen LogP contribution >= 0.6 is 0 Å². The second-order valence-corrected chi connectivity index (χ2v) is 6.86. The summed E-state index contributed by atoms with van der Waals surface area (Å²) in [5.41, 5.74) is -0.188. The van der Waals surface area contributed by atoms with E-state index in [1.165, 1.54) is 0 Å². The maximum Gasteiger partial charge on any atom is 0.327 e. The second kappa shape index (κ2) is 7.21. The Morgan fingerprint density at radius 2 is 2.21 bits per heavy atom. The molecule has 1 aromatic heterocycles. The molecule has 8 nitrogen and oxygen atoms in total. The van der Waals surface area contributed by atoms with Crippen molar-refractivity contribution in [3.05, 3.63) is 11.8 Å². The normalized spacial score (nSPS) is 18.4. The number of amides is 2. The van der Waals surface area contributed by atoms with Crippen LogP contribution < -0.4 is 10.2 Å². The van der Waals surface area contributed by atoms with Gasteiger partial charge < -0.3 is 14.2 Å². The van der Waals surface area contributed by atoms with Crippen molar-refractivity contribution < 1.29 is 18.8 Å². The lowest BCUT2D eigenvalue weighted by molar-refractivity contribution is -0.143. The number of likely N-dealkylation sites (N-methyl/N-ethyl adjacent to an activating group) is 1. The molecule has 0 radical (unpaired) electrons. The van der Waals surface area contributed by atoms with E-state index in [1.807, 2.05) is 20.8 Å². The van der Waals surface area contributed by atoms with Gasteiger partial charge in [-0.1, -0.05) is 25.9 Å². The molecule has 1 aliphatic rings. The van der Waals surface area contributed by atoms with Crippen molar-refractivity contribution in [2.45, 2.75) is 45.7 Å². The molecule has 2 rings (SSSR count). The van der Waals surface area contributed by atoms with E-state index >= 15 is 0 Å². The minimum atomic E-state index is -0.269. The van der Waals surface area contributed by atoms with Crippen LogP contribution in [0.1, 0.15) is 39.9 Å². The average molecular weight is 338 g/mol. The molecular formula is C16H26N4O4. The number of carbonyl (C=O) groups is 2. The highest BCUT2D eigenvalue weighted by molar-refractivity contribution is 5.93. The largest absolute Gasteiger partial charge is 0.466 e. The summed E-state index contributed by atoms with van der Waals surface area (Å²) in [5.74, 6) is 0.929. The van der Waals surface area contributed by atoms with Crippen LogP contribution in [-0.4, -0.2) is 55.0 Å². The van der Waals surface area contributed by atoms with Crippen molar-refractivity contribution in [3.8, 4) is 0 Å². The zero-order valence-electron chi connectivity index (χ0n) is 15.0. The standard InChI is InChI=1S/C16H26N4O4/c1-6-23-14(21)7-8-17-13-10-19(5)15(22)20(13)12-9-11(24-18-12)16(2,3)4/h9,13,17H,6-8,10H2,1-5H3. The van der Waals surface area contributed by atoms with Crippen molar-refractivity contribution in [1.29, 1.82) is 0 Å². The van der Waals surface area contributed by atoms with Gasteiger partial charge in [0.2, 0.25) is 0 Å². The first-order chi connectivity index (χ1) is 11.2. The Bertz CT molecular complexity index is 593. The molecule has 1 saturated heterocycles. The number of hydrogen-bond donors (Lipinski definition) is 1. The fourth-order valence-electron chi connectivity index (χ4n) is 2.46. The summed E-state index contributed by atoms with van der Waals surface area (Å²) in [4.78, 5) is 27.0. The zero-order chi connectivity index (χ0) is 17.9. The highest BCUT2D eigenvalue weighted by atomic mass is 16.5. The number of urea groups is 1. The Morgan fingerprint density at radius 3 is 2.79 bits per heavy atom. The average Bonchev–Trinajstić information content (AvgIpc) is 3.05. The molecule has 0 aromatic carbocycles. The lowest BCUT2D eigenvalue weighted by Gasteiger charge is -2.21. The van der Waals surface area contributed by atoms with Gasteiger partial charge in [-0.2, -0.15) is 0 Å². The summed E-state index contributed by atoms with van der Waals surface area (Å²) in [7, 11) is 1.73. The molecule has 1 aromatic rings. The van der Waals surface area contributed by atoms with Crippen LogP contribution in [0.25, 0.3) is 0 Å². The Kier molecular flexibility index (Phi) is 5.48. The second-order valence-electron chi connectivity index (χ2n) is 6.86. The van der Waals surface area contributed by atoms with Gasteiger partial charge >= 0.3 is 12.0 Å². The molecule has 0 saturated carbocycles. The molecule has 8 heteroatoms. The van der Waals surface area contributed by atoms with E-state index in [0.29, 0.717) is 31.3 Å². The number of esters is 1. The number of nitrogens with zero attached hydrogens (tertiary/aromatic N) is 3. The van der Waals surface area contributed by atoms with Crippen molar-refractivity contribution in [1.82, 2.24) is 15.4 Å². The van der Waals surface area contributed by atoms with Crippen LogP contribution in [0.2, 0.25) is 0 Å². The first-order valence-electron chi connectivity index (χ1n) is 8.14. The van der Waals surface area contributed by atoms with Gasteiger partial charge in [0.05, 0.1) is 19.6 Å². The van der Waals surface area contributed by atoms with Crippen molar-refractivity contribution >= 4 is 17.8 Å². The van der Waals surface area contributed by atoms with Gasteiger partial charge in [-0.3, -0.25) is 15.0 Å². The van der Waals surface area contributed by atoms with E-state index in [4.69, 9.17) is 9.26 Å². The highest BCUT2D eigenvalue weighted by Gasteiger charge is 2.38. The molecule has 2 amide bonds. The summed E-state index contributed by atoms with van der Waals surface area (Å²) < 4.78 is 10.3. The van der Waals surface area contributed by atoms with E-state index < -0.39 is 0 Å². The molecule has 0 aliphatic carbocycles. The van der Waals surface area contributed by atoms with Crippen molar-refractivity contribution in [2.24, 2.45) is 0 Å². The molecule has 0 bridgehead atoms. The van der Waals surface area contributed by atoms with Crippen molar-refractivity contribution in [2.75, 3.05) is 31.6 Å². The molecule has 1 unspecified atom stereocenters. The minimum Gasteiger partial charge on any atom is -0.466 e. The fourth-order valence-corrected chi connectivity index (χ4v) is 2.46. The van der Waals surface area contributed by atoms with E-state index in [1.54, 1.807) is 29.8 Å². The Morgan fingerprint density at radius 1 is 1.50 bits per heavy atom. The van der Waals surface area contributed by atoms with E-state index in [0.717, 1.165) is 0 Å². The molecule has 134 valence electrons. The van der Waals surface area contributed by atoms with Crippen LogP contribution in [0.15, 0.2) is 10.6 Å². The number of ether oxygens (including phenoxy) is 1. The number of hydrogen-bond acceptors (Lipinski definition) is 6. The fraction of sp³-hybridized carbons (Fsp3) is 0.688. The monoisotopic (exact) mass is 338 g/mol. The molecule has 1 aliphatic heterocycles. The summed E-state index contributed by atoms with van der Waals surface area (Å²) in [6, 6.07) is 1.63. The van der Waals surface area contributed by atoms with Crippen molar-refractivity contribution in [3.63, 3.8) is 0 Å². The third kappa shape index (κ3) is 4.05. The van der Waals surface area contributed by atoms with Gasteiger partial charge in [0.1, 0.15) is 11.9 Å². The minimum absolute atomic E-state index is 0.155. The first-order valence-corrected chi connectivity index (χ1v) is 8.14. The van der Waals surface area contributed by atoms with Gasteiger partial charge in [-0.05, 0) is 6.92 Å². The molecule has 24 heavy (non-hydrogen) atoms. The maximum atomic E-state index is 12.4. The number of rotatable bonds is 6. The Labute approximate surface area is 142 Å². The quantitative estimate of drug-likeness (QED) is 0.795. The molecule has 1 atom stereocenters. The van der Waals surface area contributed by atoms with Gasteiger partial charge in [-0.25, -0.2) is 4.79 Å². The Hall–Kier alpha value is -2.09. The van der Waals surface area contributed by atoms with Crippen LogP contribution in [0.3, 0.4) is 0 Å². The molecule has 1 N–H and O–H groups in total. The zero-order valence-corrected chi connectivity index (χ0v) is 15.0. The SMILES string of the molecule is CCOC(=O)CCNC1CN(C)C(=O)N1c1cc(C(C)(C)C)on1. The number of nitrogens with one attached hydrogen (secondary N) is 1. The predicted octanol–water partition coefficient (Wildman–Crippen LogP) is 1.71. The first kappa shape index (κ1) is 18.3. The molecule has 0 spiro atoms. The maximum absolute atomic E-state index is 12.4. The Balaban J connectivity index is 2.06. The van der Waals surface area contributed by atoms with Gasteiger partial charge in [-0.15, -0.1) is 0 Å². The van der Waals surface area contributed by atoms with Gasteiger partial charge in [0.15, 0.2) is 5.82 Å². The summed E-state index contributed by atoms with van der Waals surface area (Å²) in [5, 5.41) is 7.25. The predicted molar refractivity (Wildman–Crippen MR) is 88.7 cm³/mol. The summed E-state index contributed by atoms with van der Waals surface area (Å²) in [6.07, 6.45) is -0.0165. The molecule has 1 fully saturated rings. The lowest BCUT2D eigenvalue weighted by atomic mass is 9.93. The highest BCUT2D eigenvalue weighted by Crippen LogP contribution is 2.28. The van der Waals surface area contributed by atoms with Gasteiger partial charge in [0, 0.05) is 25.1 Å². The van der Waals surface area contributed by atoms with Crippen LogP contribution in [0.4, 0.5) is 10.6 Å². The third-order valence-electron chi connectivity index (χ3n) is 3.79. The van der Waals surface area contributed by atoms with Crippen LogP contribution in [-0.2, 0) is 14.9 Å². The lowest BCUT2D eigenvalue weighted by Crippen LogP contribution is -2.45.